The molecule has 20 heavy (non-hydrogen) atoms. The molecular formula is C14H20N2O4. The maximum Gasteiger partial charge on any atom is 0.255 e. The van der Waals surface area contributed by atoms with Gasteiger partial charge in [0, 0.05) is 25.7 Å². The highest BCUT2D eigenvalue weighted by Gasteiger charge is 2.12. The van der Waals surface area contributed by atoms with Crippen LogP contribution < -0.4 is 5.32 Å². The van der Waals surface area contributed by atoms with Crippen LogP contribution in [-0.2, 0) is 4.74 Å². The summed E-state index contributed by atoms with van der Waals surface area (Å²) in [4.78, 5) is 14.1. The van der Waals surface area contributed by atoms with Crippen LogP contribution in [0.1, 0.15) is 16.8 Å². The van der Waals surface area contributed by atoms with Crippen molar-refractivity contribution in [1.82, 2.24) is 10.2 Å². The Morgan fingerprint density at radius 3 is 2.75 bits per heavy atom. The number of rotatable bonds is 5. The number of amides is 1. The fraction of sp³-hybridized carbons (Fsp3) is 0.500. The molecule has 3 N–H and O–H groups in total. The average Bonchev–Trinajstić information content (AvgIpc) is 2.44. The molecule has 0 unspecified atom stereocenters. The lowest BCUT2D eigenvalue weighted by atomic mass is 10.2. The number of nitrogens with zero attached hydrogens (tertiary/aromatic N) is 1. The van der Waals surface area contributed by atoms with Crippen LogP contribution in [0, 0.1) is 0 Å². The summed E-state index contributed by atoms with van der Waals surface area (Å²) in [5.41, 5.74) is 0.175. The number of hydrogen-bond donors (Lipinski definition) is 3. The van der Waals surface area contributed by atoms with Gasteiger partial charge in [0.25, 0.3) is 5.91 Å². The topological polar surface area (TPSA) is 82.0 Å². The fourth-order valence-electron chi connectivity index (χ4n) is 2.14. The molecule has 0 atom stereocenters. The van der Waals surface area contributed by atoms with Gasteiger partial charge in [-0.15, -0.1) is 0 Å². The van der Waals surface area contributed by atoms with E-state index in [2.05, 4.69) is 10.2 Å². The van der Waals surface area contributed by atoms with E-state index in [0.717, 1.165) is 45.3 Å². The Hall–Kier alpha value is -1.79. The molecule has 6 nitrogen and oxygen atoms in total. The van der Waals surface area contributed by atoms with Gasteiger partial charge in [-0.25, -0.2) is 0 Å². The second-order valence-electron chi connectivity index (χ2n) is 4.76. The molecule has 1 aromatic carbocycles. The van der Waals surface area contributed by atoms with Crippen LogP contribution in [0.15, 0.2) is 18.2 Å². The normalized spacial score (nSPS) is 16.0. The highest BCUT2D eigenvalue weighted by molar-refractivity contribution is 5.96. The Balaban J connectivity index is 1.72. The Morgan fingerprint density at radius 1 is 1.30 bits per heavy atom. The molecular weight excluding hydrogens is 260 g/mol. The summed E-state index contributed by atoms with van der Waals surface area (Å²) >= 11 is 0. The average molecular weight is 280 g/mol. The molecule has 1 amide bonds. The van der Waals surface area contributed by atoms with Gasteiger partial charge >= 0.3 is 0 Å². The van der Waals surface area contributed by atoms with Gasteiger partial charge in [-0.3, -0.25) is 9.69 Å². The van der Waals surface area contributed by atoms with Crippen LogP contribution in [0.3, 0.4) is 0 Å². The third kappa shape index (κ3) is 4.11. The van der Waals surface area contributed by atoms with Crippen LogP contribution in [-0.4, -0.2) is 60.4 Å². The van der Waals surface area contributed by atoms with Crippen molar-refractivity contribution >= 4 is 5.91 Å². The van der Waals surface area contributed by atoms with Gasteiger partial charge in [-0.2, -0.15) is 0 Å². The Labute approximate surface area is 118 Å². The van der Waals surface area contributed by atoms with E-state index in [9.17, 15) is 15.0 Å². The molecule has 0 spiro atoms. The lowest BCUT2D eigenvalue weighted by molar-refractivity contribution is 0.0374. The van der Waals surface area contributed by atoms with E-state index in [4.69, 9.17) is 4.74 Å². The standard InChI is InChI=1S/C14H20N2O4/c17-11-2-3-12(13(18)10-11)14(19)15-4-1-5-16-6-8-20-9-7-16/h2-3,10,17-18H,1,4-9H2,(H,15,19). The molecule has 0 radical (unpaired) electrons. The molecule has 6 heteroatoms. The van der Waals surface area contributed by atoms with E-state index < -0.39 is 0 Å². The smallest absolute Gasteiger partial charge is 0.255 e. The summed E-state index contributed by atoms with van der Waals surface area (Å²) in [6, 6.07) is 3.94. The first kappa shape index (κ1) is 14.6. The summed E-state index contributed by atoms with van der Waals surface area (Å²) < 4.78 is 5.27. The van der Waals surface area contributed by atoms with Crippen molar-refractivity contribution in [1.29, 1.82) is 0 Å². The molecule has 0 aliphatic carbocycles. The maximum absolute atomic E-state index is 11.8. The zero-order valence-corrected chi connectivity index (χ0v) is 11.3. The highest BCUT2D eigenvalue weighted by atomic mass is 16.5. The first-order valence-electron chi connectivity index (χ1n) is 6.77. The van der Waals surface area contributed by atoms with Gasteiger partial charge in [0.15, 0.2) is 0 Å². The first-order valence-corrected chi connectivity index (χ1v) is 6.77. The lowest BCUT2D eigenvalue weighted by Gasteiger charge is -2.26. The van der Waals surface area contributed by atoms with Gasteiger partial charge < -0.3 is 20.3 Å². The van der Waals surface area contributed by atoms with E-state index in [-0.39, 0.29) is 23.0 Å². The van der Waals surface area contributed by atoms with E-state index >= 15 is 0 Å². The van der Waals surface area contributed by atoms with Crippen molar-refractivity contribution in [2.45, 2.75) is 6.42 Å². The summed E-state index contributed by atoms with van der Waals surface area (Å²) in [5, 5.41) is 21.5. The Bertz CT molecular complexity index is 458. The molecule has 1 fully saturated rings. The minimum absolute atomic E-state index is 0.0635. The fourth-order valence-corrected chi connectivity index (χ4v) is 2.14. The first-order chi connectivity index (χ1) is 9.66. The van der Waals surface area contributed by atoms with Crippen LogP contribution in [0.2, 0.25) is 0 Å². The van der Waals surface area contributed by atoms with Crippen LogP contribution in [0.25, 0.3) is 0 Å². The third-order valence-electron chi connectivity index (χ3n) is 3.27. The van der Waals surface area contributed by atoms with Gasteiger partial charge in [0.05, 0.1) is 18.8 Å². The van der Waals surface area contributed by atoms with Crippen molar-refractivity contribution in [2.24, 2.45) is 0 Å². The Morgan fingerprint density at radius 2 is 2.05 bits per heavy atom. The van der Waals surface area contributed by atoms with E-state index in [1.54, 1.807) is 0 Å². The van der Waals surface area contributed by atoms with E-state index in [1.807, 2.05) is 0 Å². The number of ether oxygens (including phenoxy) is 1. The molecule has 2 rings (SSSR count). The van der Waals surface area contributed by atoms with Gasteiger partial charge in [-0.05, 0) is 25.1 Å². The van der Waals surface area contributed by atoms with Gasteiger partial charge in [-0.1, -0.05) is 0 Å². The number of aromatic hydroxyl groups is 2. The number of morpholine rings is 1. The maximum atomic E-state index is 11.8. The number of phenolic OH excluding ortho intramolecular Hbond substituents is 2. The van der Waals surface area contributed by atoms with Gasteiger partial charge in [0.1, 0.15) is 11.5 Å². The molecule has 1 heterocycles. The number of carbonyl (C=O) groups is 1. The van der Waals surface area contributed by atoms with Crippen molar-refractivity contribution in [3.8, 4) is 11.5 Å². The minimum Gasteiger partial charge on any atom is -0.508 e. The van der Waals surface area contributed by atoms with Crippen LogP contribution >= 0.6 is 0 Å². The molecule has 1 aliphatic heterocycles. The van der Waals surface area contributed by atoms with Crippen LogP contribution in [0.4, 0.5) is 0 Å². The molecule has 0 aromatic heterocycles. The highest BCUT2D eigenvalue weighted by Crippen LogP contribution is 2.22. The number of hydrogen-bond acceptors (Lipinski definition) is 5. The van der Waals surface area contributed by atoms with Crippen molar-refractivity contribution in [3.63, 3.8) is 0 Å². The monoisotopic (exact) mass is 280 g/mol. The Kier molecular flexibility index (Phi) is 5.20. The molecule has 0 bridgehead atoms. The SMILES string of the molecule is O=C(NCCCN1CCOCC1)c1ccc(O)cc1O. The van der Waals surface area contributed by atoms with Crippen molar-refractivity contribution in [2.75, 3.05) is 39.4 Å². The van der Waals surface area contributed by atoms with Crippen LogP contribution in [0.5, 0.6) is 11.5 Å². The predicted molar refractivity (Wildman–Crippen MR) is 74.0 cm³/mol. The summed E-state index contributed by atoms with van der Waals surface area (Å²) in [6.45, 7) is 4.89. The zero-order chi connectivity index (χ0) is 14.4. The van der Waals surface area contributed by atoms with Crippen molar-refractivity contribution in [3.05, 3.63) is 23.8 Å². The molecule has 1 saturated heterocycles. The second-order valence-corrected chi connectivity index (χ2v) is 4.76. The molecule has 1 aliphatic rings. The number of carbonyl (C=O) groups excluding carboxylic acids is 1. The molecule has 110 valence electrons. The quantitative estimate of drug-likeness (QED) is 0.686. The molecule has 0 saturated carbocycles. The lowest BCUT2D eigenvalue weighted by Crippen LogP contribution is -2.38. The summed E-state index contributed by atoms with van der Waals surface area (Å²) in [5.74, 6) is -0.605. The molecule has 1 aromatic rings. The van der Waals surface area contributed by atoms with E-state index in [1.165, 1.54) is 12.1 Å². The second kappa shape index (κ2) is 7.12. The van der Waals surface area contributed by atoms with Gasteiger partial charge in [0.2, 0.25) is 0 Å². The predicted octanol–water partition coefficient (Wildman–Crippen LogP) is 0.550. The largest absolute Gasteiger partial charge is 0.508 e. The minimum atomic E-state index is -0.329. The summed E-state index contributed by atoms with van der Waals surface area (Å²) in [6.07, 6.45) is 0.852. The third-order valence-corrected chi connectivity index (χ3v) is 3.27. The number of nitrogens with one attached hydrogen (secondary N) is 1. The zero-order valence-electron chi connectivity index (χ0n) is 11.3. The number of benzene rings is 1. The van der Waals surface area contributed by atoms with Crippen molar-refractivity contribution < 1.29 is 19.7 Å². The summed E-state index contributed by atoms with van der Waals surface area (Å²) in [7, 11) is 0. The number of phenols is 2. The van der Waals surface area contributed by atoms with E-state index in [0.29, 0.717) is 6.54 Å².